The first-order valence-electron chi connectivity index (χ1n) is 7.09. The van der Waals surface area contributed by atoms with Crippen molar-refractivity contribution in [1.29, 1.82) is 0 Å². The fraction of sp³-hybridized carbons (Fsp3) is 0.533. The van der Waals surface area contributed by atoms with Crippen LogP contribution in [0, 0.1) is 5.41 Å². The fourth-order valence-corrected chi connectivity index (χ4v) is 2.69. The zero-order valence-corrected chi connectivity index (χ0v) is 12.0. The van der Waals surface area contributed by atoms with E-state index in [2.05, 4.69) is 29.0 Å². The maximum atomic E-state index is 5.62. The average molecular weight is 272 g/mol. The van der Waals surface area contributed by atoms with E-state index >= 15 is 0 Å². The van der Waals surface area contributed by atoms with Gasteiger partial charge in [-0.05, 0) is 43.2 Å². The zero-order valence-electron chi connectivity index (χ0n) is 12.0. The summed E-state index contributed by atoms with van der Waals surface area (Å²) in [5.41, 5.74) is 7.37. The topological polar surface area (TPSA) is 77.8 Å². The number of rotatable bonds is 2. The van der Waals surface area contributed by atoms with Crippen molar-refractivity contribution < 1.29 is 4.52 Å². The fourth-order valence-electron chi connectivity index (χ4n) is 2.69. The molecule has 5 heteroatoms. The van der Waals surface area contributed by atoms with Gasteiger partial charge in [0.15, 0.2) is 5.82 Å². The van der Waals surface area contributed by atoms with Gasteiger partial charge in [-0.2, -0.15) is 4.98 Å². The van der Waals surface area contributed by atoms with Gasteiger partial charge in [0.05, 0.1) is 11.9 Å². The molecule has 0 aromatic carbocycles. The number of nitrogens with zero attached hydrogens (tertiary/aromatic N) is 3. The Labute approximate surface area is 118 Å². The highest BCUT2D eigenvalue weighted by molar-refractivity contribution is 5.50. The van der Waals surface area contributed by atoms with Crippen LogP contribution in [0.3, 0.4) is 0 Å². The van der Waals surface area contributed by atoms with Crippen LogP contribution in [-0.4, -0.2) is 15.1 Å². The monoisotopic (exact) mass is 272 g/mol. The molecule has 2 aromatic heterocycles. The second kappa shape index (κ2) is 4.89. The molecule has 2 N–H and O–H groups in total. The molecular formula is C15H20N4O. The average Bonchev–Trinajstić information content (AvgIpc) is 2.89. The third kappa shape index (κ3) is 2.66. The second-order valence-corrected chi connectivity index (χ2v) is 6.37. The first kappa shape index (κ1) is 13.1. The van der Waals surface area contributed by atoms with Crippen molar-refractivity contribution in [1.82, 2.24) is 15.1 Å². The van der Waals surface area contributed by atoms with E-state index in [9.17, 15) is 0 Å². The van der Waals surface area contributed by atoms with Crippen molar-refractivity contribution in [3.63, 3.8) is 0 Å². The van der Waals surface area contributed by atoms with E-state index in [1.165, 1.54) is 12.8 Å². The molecule has 1 aliphatic carbocycles. The van der Waals surface area contributed by atoms with Crippen molar-refractivity contribution in [3.05, 3.63) is 24.2 Å². The summed E-state index contributed by atoms with van der Waals surface area (Å²) < 4.78 is 5.33. The molecule has 20 heavy (non-hydrogen) atoms. The van der Waals surface area contributed by atoms with Crippen LogP contribution < -0.4 is 5.73 Å². The standard InChI is InChI=1S/C15H20N4O/c1-15(2)7-5-10(6-8-15)13-18-14(20-19-13)12-4-3-11(16)9-17-12/h3-4,9-10H,5-8,16H2,1-2H3. The second-order valence-electron chi connectivity index (χ2n) is 6.37. The van der Waals surface area contributed by atoms with Gasteiger partial charge >= 0.3 is 0 Å². The van der Waals surface area contributed by atoms with Gasteiger partial charge < -0.3 is 10.3 Å². The molecule has 0 aliphatic heterocycles. The number of anilines is 1. The van der Waals surface area contributed by atoms with E-state index < -0.39 is 0 Å². The summed E-state index contributed by atoms with van der Waals surface area (Å²) >= 11 is 0. The summed E-state index contributed by atoms with van der Waals surface area (Å²) in [7, 11) is 0. The predicted molar refractivity (Wildman–Crippen MR) is 76.9 cm³/mol. The molecule has 2 aromatic rings. The lowest BCUT2D eigenvalue weighted by atomic mass is 9.73. The summed E-state index contributed by atoms with van der Waals surface area (Å²) in [6, 6.07) is 3.59. The van der Waals surface area contributed by atoms with Gasteiger partial charge in [0.1, 0.15) is 5.69 Å². The maximum absolute atomic E-state index is 5.62. The lowest BCUT2D eigenvalue weighted by Gasteiger charge is -2.32. The maximum Gasteiger partial charge on any atom is 0.276 e. The first-order chi connectivity index (χ1) is 9.53. The molecule has 3 rings (SSSR count). The lowest BCUT2D eigenvalue weighted by Crippen LogP contribution is -2.20. The normalized spacial score (nSPS) is 19.1. The van der Waals surface area contributed by atoms with E-state index in [4.69, 9.17) is 10.3 Å². The van der Waals surface area contributed by atoms with E-state index in [0.717, 1.165) is 18.7 Å². The molecule has 0 atom stereocenters. The lowest BCUT2D eigenvalue weighted by molar-refractivity contribution is 0.218. The molecule has 0 saturated heterocycles. The van der Waals surface area contributed by atoms with Crippen LogP contribution in [0.15, 0.2) is 22.9 Å². The van der Waals surface area contributed by atoms with Gasteiger partial charge in [0, 0.05) is 5.92 Å². The molecule has 0 spiro atoms. The van der Waals surface area contributed by atoms with Gasteiger partial charge in [-0.3, -0.25) is 0 Å². The van der Waals surface area contributed by atoms with Crippen LogP contribution in [-0.2, 0) is 0 Å². The Morgan fingerprint density at radius 2 is 2.00 bits per heavy atom. The van der Waals surface area contributed by atoms with Crippen LogP contribution in [0.5, 0.6) is 0 Å². The van der Waals surface area contributed by atoms with Crippen LogP contribution in [0.1, 0.15) is 51.3 Å². The minimum Gasteiger partial charge on any atom is -0.397 e. The highest BCUT2D eigenvalue weighted by atomic mass is 16.5. The number of nitrogens with two attached hydrogens (primary N) is 1. The molecule has 1 fully saturated rings. The molecule has 1 aliphatic rings. The third-order valence-electron chi connectivity index (χ3n) is 4.15. The van der Waals surface area contributed by atoms with Crippen molar-refractivity contribution in [3.8, 4) is 11.6 Å². The van der Waals surface area contributed by atoms with E-state index in [-0.39, 0.29) is 0 Å². The summed E-state index contributed by atoms with van der Waals surface area (Å²) in [5, 5.41) is 4.13. The quantitative estimate of drug-likeness (QED) is 0.906. The minimum atomic E-state index is 0.411. The van der Waals surface area contributed by atoms with Crippen LogP contribution >= 0.6 is 0 Å². The SMILES string of the molecule is CC1(C)CCC(c2noc(-c3ccc(N)cn3)n2)CC1. The predicted octanol–water partition coefficient (Wildman–Crippen LogP) is 3.40. The van der Waals surface area contributed by atoms with E-state index in [1.807, 2.05) is 0 Å². The summed E-state index contributed by atoms with van der Waals surface area (Å²) in [6.45, 7) is 4.65. The van der Waals surface area contributed by atoms with E-state index in [0.29, 0.717) is 28.6 Å². The Hall–Kier alpha value is -1.91. The van der Waals surface area contributed by atoms with Crippen LogP contribution in [0.25, 0.3) is 11.6 Å². The van der Waals surface area contributed by atoms with E-state index in [1.54, 1.807) is 18.3 Å². The van der Waals surface area contributed by atoms with Crippen molar-refractivity contribution in [2.45, 2.75) is 45.4 Å². The molecule has 0 unspecified atom stereocenters. The van der Waals surface area contributed by atoms with Gasteiger partial charge in [0.2, 0.25) is 0 Å². The smallest absolute Gasteiger partial charge is 0.276 e. The number of hydrogen-bond acceptors (Lipinski definition) is 5. The Morgan fingerprint density at radius 1 is 1.25 bits per heavy atom. The molecule has 0 bridgehead atoms. The number of hydrogen-bond donors (Lipinski definition) is 1. The molecule has 1 saturated carbocycles. The highest BCUT2D eigenvalue weighted by Crippen LogP contribution is 2.41. The molecular weight excluding hydrogens is 252 g/mol. The van der Waals surface area contributed by atoms with Crippen LogP contribution in [0.2, 0.25) is 0 Å². The number of nitrogen functional groups attached to an aromatic ring is 1. The zero-order chi connectivity index (χ0) is 14.2. The Kier molecular flexibility index (Phi) is 3.20. The Morgan fingerprint density at radius 3 is 2.65 bits per heavy atom. The van der Waals surface area contributed by atoms with Gasteiger partial charge in [-0.15, -0.1) is 0 Å². The van der Waals surface area contributed by atoms with Crippen LogP contribution in [0.4, 0.5) is 5.69 Å². The van der Waals surface area contributed by atoms with Crippen molar-refractivity contribution in [2.24, 2.45) is 5.41 Å². The molecule has 0 radical (unpaired) electrons. The molecule has 106 valence electrons. The Bertz CT molecular complexity index is 578. The number of pyridine rings is 1. The molecule has 5 nitrogen and oxygen atoms in total. The van der Waals surface area contributed by atoms with Gasteiger partial charge in [-0.1, -0.05) is 19.0 Å². The summed E-state index contributed by atoms with van der Waals surface area (Å²) in [6.07, 6.45) is 6.27. The van der Waals surface area contributed by atoms with Crippen molar-refractivity contribution in [2.75, 3.05) is 5.73 Å². The van der Waals surface area contributed by atoms with Crippen molar-refractivity contribution >= 4 is 5.69 Å². The number of aromatic nitrogens is 3. The largest absolute Gasteiger partial charge is 0.397 e. The summed E-state index contributed by atoms with van der Waals surface area (Å²) in [5.74, 6) is 1.70. The first-order valence-corrected chi connectivity index (χ1v) is 7.09. The van der Waals surface area contributed by atoms with Gasteiger partial charge in [0.25, 0.3) is 5.89 Å². The molecule has 0 amide bonds. The highest BCUT2D eigenvalue weighted by Gasteiger charge is 2.30. The minimum absolute atomic E-state index is 0.411. The van der Waals surface area contributed by atoms with Gasteiger partial charge in [-0.25, -0.2) is 4.98 Å². The molecule has 2 heterocycles. The summed E-state index contributed by atoms with van der Waals surface area (Å²) in [4.78, 5) is 8.71. The Balaban J connectivity index is 1.76. The third-order valence-corrected chi connectivity index (χ3v) is 4.15.